The molecular weight excluding hydrogens is 340 g/mol. The predicted molar refractivity (Wildman–Crippen MR) is 106 cm³/mol. The smallest absolute Gasteiger partial charge is 0.256 e. The molecule has 2 N–H and O–H groups in total. The van der Waals surface area contributed by atoms with E-state index in [-0.39, 0.29) is 11.7 Å². The molecule has 3 rings (SSSR count). The van der Waals surface area contributed by atoms with Crippen LogP contribution in [0.3, 0.4) is 0 Å². The number of carbonyl (C=O) groups is 2. The third kappa shape index (κ3) is 4.55. The molecule has 0 radical (unpaired) electrons. The molecule has 0 spiro atoms. The van der Waals surface area contributed by atoms with Crippen molar-refractivity contribution in [2.75, 3.05) is 10.6 Å². The van der Waals surface area contributed by atoms with Crippen molar-refractivity contribution in [3.05, 3.63) is 76.9 Å². The Balaban J connectivity index is 1.68. The van der Waals surface area contributed by atoms with E-state index in [0.29, 0.717) is 22.8 Å². The molecule has 0 bridgehead atoms. The Morgan fingerprint density at radius 3 is 2.22 bits per heavy atom. The molecule has 0 fully saturated rings. The van der Waals surface area contributed by atoms with E-state index in [2.05, 4.69) is 20.8 Å². The van der Waals surface area contributed by atoms with Crippen LogP contribution in [0.5, 0.6) is 0 Å². The Kier molecular flexibility index (Phi) is 5.26. The van der Waals surface area contributed by atoms with Gasteiger partial charge >= 0.3 is 0 Å². The average molecular weight is 360 g/mol. The average Bonchev–Trinajstić information content (AvgIpc) is 2.65. The van der Waals surface area contributed by atoms with Crippen LogP contribution in [-0.2, 0) is 0 Å². The van der Waals surface area contributed by atoms with Gasteiger partial charge in [-0.3, -0.25) is 9.59 Å². The Hall–Kier alpha value is -3.54. The van der Waals surface area contributed by atoms with Crippen molar-refractivity contribution >= 4 is 29.0 Å². The van der Waals surface area contributed by atoms with Gasteiger partial charge in [-0.05, 0) is 68.3 Å². The first kappa shape index (κ1) is 18.3. The lowest BCUT2D eigenvalue weighted by atomic mass is 10.1. The van der Waals surface area contributed by atoms with Crippen LogP contribution in [0, 0.1) is 13.8 Å². The standard InChI is InChI=1S/C21H20N4O2/c1-13-7-8-17(11-14(13)2)21(27)23-20-10-9-19(24-25-20)22-18-6-4-5-16(12-18)15(3)26/h4-12H,1-3H3,(H,22,24)(H,23,25,27). The number of nitrogens with one attached hydrogen (secondary N) is 2. The molecule has 6 heteroatoms. The Morgan fingerprint density at radius 1 is 0.815 bits per heavy atom. The molecule has 0 aliphatic heterocycles. The van der Waals surface area contributed by atoms with Crippen LogP contribution in [-0.4, -0.2) is 21.9 Å². The summed E-state index contributed by atoms with van der Waals surface area (Å²) >= 11 is 0. The normalized spacial score (nSPS) is 10.3. The number of rotatable bonds is 5. The number of anilines is 3. The molecule has 1 heterocycles. The SMILES string of the molecule is CC(=O)c1cccc(Nc2ccc(NC(=O)c3ccc(C)c(C)c3)nn2)c1. The highest BCUT2D eigenvalue weighted by Gasteiger charge is 2.09. The third-order valence-electron chi connectivity index (χ3n) is 4.22. The Morgan fingerprint density at radius 2 is 1.56 bits per heavy atom. The first-order valence-electron chi connectivity index (χ1n) is 8.53. The summed E-state index contributed by atoms with van der Waals surface area (Å²) in [5, 5.41) is 13.9. The zero-order chi connectivity index (χ0) is 19.4. The minimum absolute atomic E-state index is 0.00543. The summed E-state index contributed by atoms with van der Waals surface area (Å²) in [7, 11) is 0. The molecule has 1 aromatic heterocycles. The number of hydrogen-bond acceptors (Lipinski definition) is 5. The summed E-state index contributed by atoms with van der Waals surface area (Å²) in [6, 6.07) is 16.1. The topological polar surface area (TPSA) is 84.0 Å². The molecule has 0 atom stereocenters. The van der Waals surface area contributed by atoms with Crippen molar-refractivity contribution in [3.8, 4) is 0 Å². The summed E-state index contributed by atoms with van der Waals surface area (Å²) in [6.07, 6.45) is 0. The number of carbonyl (C=O) groups excluding carboxylic acids is 2. The van der Waals surface area contributed by atoms with Crippen molar-refractivity contribution in [2.24, 2.45) is 0 Å². The van der Waals surface area contributed by atoms with Crippen molar-refractivity contribution in [2.45, 2.75) is 20.8 Å². The van der Waals surface area contributed by atoms with E-state index in [1.807, 2.05) is 32.0 Å². The minimum Gasteiger partial charge on any atom is -0.339 e. The van der Waals surface area contributed by atoms with Crippen LogP contribution in [0.4, 0.5) is 17.3 Å². The first-order chi connectivity index (χ1) is 12.9. The second kappa shape index (κ2) is 7.78. The largest absolute Gasteiger partial charge is 0.339 e. The zero-order valence-electron chi connectivity index (χ0n) is 15.4. The summed E-state index contributed by atoms with van der Waals surface area (Å²) in [5.74, 6) is 0.637. The van der Waals surface area contributed by atoms with Gasteiger partial charge in [0.1, 0.15) is 0 Å². The summed E-state index contributed by atoms with van der Waals surface area (Å²) in [6.45, 7) is 5.49. The number of aromatic nitrogens is 2. The van der Waals surface area contributed by atoms with E-state index < -0.39 is 0 Å². The van der Waals surface area contributed by atoms with Gasteiger partial charge in [-0.15, -0.1) is 10.2 Å². The van der Waals surface area contributed by atoms with Crippen LogP contribution in [0.15, 0.2) is 54.6 Å². The van der Waals surface area contributed by atoms with Gasteiger partial charge in [-0.2, -0.15) is 0 Å². The summed E-state index contributed by atoms with van der Waals surface area (Å²) in [5.41, 5.74) is 4.12. The quantitative estimate of drug-likeness (QED) is 0.663. The molecule has 0 aliphatic carbocycles. The fourth-order valence-corrected chi connectivity index (χ4v) is 2.50. The second-order valence-electron chi connectivity index (χ2n) is 6.32. The van der Waals surface area contributed by atoms with E-state index in [4.69, 9.17) is 0 Å². The van der Waals surface area contributed by atoms with Crippen molar-refractivity contribution < 1.29 is 9.59 Å². The molecule has 2 aromatic carbocycles. The molecule has 27 heavy (non-hydrogen) atoms. The predicted octanol–water partition coefficient (Wildman–Crippen LogP) is 4.29. The number of aryl methyl sites for hydroxylation is 2. The molecule has 136 valence electrons. The number of benzene rings is 2. The highest BCUT2D eigenvalue weighted by molar-refractivity contribution is 6.03. The summed E-state index contributed by atoms with van der Waals surface area (Å²) < 4.78 is 0. The van der Waals surface area contributed by atoms with E-state index in [0.717, 1.165) is 16.8 Å². The molecule has 0 unspecified atom stereocenters. The van der Waals surface area contributed by atoms with E-state index in [1.54, 1.807) is 36.4 Å². The number of hydrogen-bond donors (Lipinski definition) is 2. The third-order valence-corrected chi connectivity index (χ3v) is 4.22. The molecular formula is C21H20N4O2. The minimum atomic E-state index is -0.234. The van der Waals surface area contributed by atoms with Gasteiger partial charge in [0.2, 0.25) is 0 Å². The maximum absolute atomic E-state index is 12.3. The fraction of sp³-hybridized carbons (Fsp3) is 0.143. The molecule has 6 nitrogen and oxygen atoms in total. The molecule has 1 amide bonds. The molecule has 3 aromatic rings. The highest BCUT2D eigenvalue weighted by Crippen LogP contribution is 2.17. The lowest BCUT2D eigenvalue weighted by molar-refractivity contribution is 0.101. The van der Waals surface area contributed by atoms with Crippen LogP contribution in [0.25, 0.3) is 0 Å². The zero-order valence-corrected chi connectivity index (χ0v) is 15.4. The fourth-order valence-electron chi connectivity index (χ4n) is 2.50. The number of Topliss-reactive ketones (excluding diaryl/α,β-unsaturated/α-hetero) is 1. The van der Waals surface area contributed by atoms with Crippen molar-refractivity contribution in [1.29, 1.82) is 0 Å². The number of amides is 1. The summed E-state index contributed by atoms with van der Waals surface area (Å²) in [4.78, 5) is 23.8. The molecule has 0 saturated heterocycles. The molecule has 0 saturated carbocycles. The monoisotopic (exact) mass is 360 g/mol. The van der Waals surface area contributed by atoms with Crippen LogP contribution >= 0.6 is 0 Å². The maximum atomic E-state index is 12.3. The molecule has 0 aliphatic rings. The van der Waals surface area contributed by atoms with Crippen molar-refractivity contribution in [1.82, 2.24) is 10.2 Å². The van der Waals surface area contributed by atoms with Gasteiger partial charge in [-0.25, -0.2) is 0 Å². The lowest BCUT2D eigenvalue weighted by Crippen LogP contribution is -2.13. The van der Waals surface area contributed by atoms with Gasteiger partial charge in [0.15, 0.2) is 17.4 Å². The van der Waals surface area contributed by atoms with Crippen LogP contribution < -0.4 is 10.6 Å². The Bertz CT molecular complexity index is 997. The van der Waals surface area contributed by atoms with Crippen molar-refractivity contribution in [3.63, 3.8) is 0 Å². The van der Waals surface area contributed by atoms with E-state index in [9.17, 15) is 9.59 Å². The highest BCUT2D eigenvalue weighted by atomic mass is 16.1. The number of ketones is 1. The number of nitrogens with zero attached hydrogens (tertiary/aromatic N) is 2. The van der Waals surface area contributed by atoms with Crippen LogP contribution in [0.2, 0.25) is 0 Å². The Labute approximate surface area is 157 Å². The van der Waals surface area contributed by atoms with Gasteiger partial charge < -0.3 is 10.6 Å². The van der Waals surface area contributed by atoms with Gasteiger partial charge in [0.05, 0.1) is 0 Å². The lowest BCUT2D eigenvalue weighted by Gasteiger charge is -2.08. The van der Waals surface area contributed by atoms with Gasteiger partial charge in [0.25, 0.3) is 5.91 Å². The second-order valence-corrected chi connectivity index (χ2v) is 6.32. The maximum Gasteiger partial charge on any atom is 0.256 e. The van der Waals surface area contributed by atoms with Gasteiger partial charge in [-0.1, -0.05) is 18.2 Å². The van der Waals surface area contributed by atoms with E-state index in [1.165, 1.54) is 6.92 Å². The van der Waals surface area contributed by atoms with Gasteiger partial charge in [0, 0.05) is 16.8 Å². The van der Waals surface area contributed by atoms with Crippen LogP contribution in [0.1, 0.15) is 38.8 Å². The van der Waals surface area contributed by atoms with E-state index >= 15 is 0 Å². The first-order valence-corrected chi connectivity index (χ1v) is 8.53.